The number of nitrogens with one attached hydrogen (secondary N) is 1. The summed E-state index contributed by atoms with van der Waals surface area (Å²) in [7, 11) is 0. The molecule has 2 aromatic heterocycles. The summed E-state index contributed by atoms with van der Waals surface area (Å²) in [5.74, 6) is 1.27. The van der Waals surface area contributed by atoms with Crippen molar-refractivity contribution in [2.45, 2.75) is 45.7 Å². The number of hydrogen-bond donors (Lipinski definition) is 1. The molecule has 0 radical (unpaired) electrons. The fourth-order valence-corrected chi connectivity index (χ4v) is 3.14. The third kappa shape index (κ3) is 4.28. The Morgan fingerprint density at radius 2 is 2.04 bits per heavy atom. The lowest BCUT2D eigenvalue weighted by atomic mass is 10.0. The quantitative estimate of drug-likeness (QED) is 0.902. The second-order valence-corrected chi connectivity index (χ2v) is 7.11. The maximum Gasteiger partial charge on any atom is 0.409 e. The molecule has 7 heteroatoms. The minimum Gasteiger partial charge on any atom is -0.449 e. The van der Waals surface area contributed by atoms with Gasteiger partial charge in [-0.05, 0) is 37.8 Å². The molecule has 1 amide bonds. The predicted octanol–water partition coefficient (Wildman–Crippen LogP) is 2.64. The predicted molar refractivity (Wildman–Crippen MR) is 95.3 cm³/mol. The average Bonchev–Trinajstić information content (AvgIpc) is 3.04. The normalized spacial score (nSPS) is 17.2. The monoisotopic (exact) mass is 345 g/mol. The molecule has 136 valence electrons. The van der Waals surface area contributed by atoms with Crippen LogP contribution in [0, 0.1) is 5.92 Å². The van der Waals surface area contributed by atoms with Gasteiger partial charge in [-0.1, -0.05) is 19.9 Å². The van der Waals surface area contributed by atoms with Crippen molar-refractivity contribution in [3.8, 4) is 0 Å². The van der Waals surface area contributed by atoms with Crippen LogP contribution in [0.5, 0.6) is 0 Å². The summed E-state index contributed by atoms with van der Waals surface area (Å²) in [5.41, 5.74) is 0.855. The van der Waals surface area contributed by atoms with E-state index >= 15 is 0 Å². The SMILES string of the molecule is CC(C)COC(=O)N1CCC(N[C@H](C)c2nnc3ccccn23)CC1. The smallest absolute Gasteiger partial charge is 0.409 e. The lowest BCUT2D eigenvalue weighted by molar-refractivity contribution is 0.0811. The minimum absolute atomic E-state index is 0.0989. The molecule has 0 bridgehead atoms. The number of fused-ring (bicyclic) bond motifs is 1. The molecule has 1 atom stereocenters. The molecular weight excluding hydrogens is 318 g/mol. The summed E-state index contributed by atoms with van der Waals surface area (Å²) in [4.78, 5) is 13.8. The molecule has 2 aromatic rings. The van der Waals surface area contributed by atoms with Crippen LogP contribution in [0.1, 0.15) is 45.5 Å². The van der Waals surface area contributed by atoms with Crippen LogP contribution in [0.15, 0.2) is 24.4 Å². The molecule has 1 fully saturated rings. The summed E-state index contributed by atoms with van der Waals surface area (Å²) >= 11 is 0. The topological polar surface area (TPSA) is 71.8 Å². The Balaban J connectivity index is 1.51. The van der Waals surface area contributed by atoms with Gasteiger partial charge in [-0.3, -0.25) is 4.40 Å². The molecule has 1 aliphatic heterocycles. The van der Waals surface area contributed by atoms with Crippen molar-refractivity contribution in [2.75, 3.05) is 19.7 Å². The number of aromatic nitrogens is 3. The maximum atomic E-state index is 12.0. The zero-order valence-corrected chi connectivity index (χ0v) is 15.2. The first-order valence-corrected chi connectivity index (χ1v) is 9.02. The number of amides is 1. The third-order valence-corrected chi connectivity index (χ3v) is 4.51. The van der Waals surface area contributed by atoms with E-state index in [0.717, 1.165) is 37.4 Å². The maximum absolute atomic E-state index is 12.0. The van der Waals surface area contributed by atoms with E-state index in [4.69, 9.17) is 4.74 Å². The van der Waals surface area contributed by atoms with E-state index in [-0.39, 0.29) is 12.1 Å². The molecule has 0 aromatic carbocycles. The van der Waals surface area contributed by atoms with Crippen molar-refractivity contribution < 1.29 is 9.53 Å². The van der Waals surface area contributed by atoms with Crippen LogP contribution in [-0.2, 0) is 4.74 Å². The zero-order valence-electron chi connectivity index (χ0n) is 15.2. The second kappa shape index (κ2) is 7.82. The van der Waals surface area contributed by atoms with E-state index in [1.807, 2.05) is 42.6 Å². The highest BCUT2D eigenvalue weighted by Gasteiger charge is 2.25. The average molecular weight is 345 g/mol. The minimum atomic E-state index is -0.191. The van der Waals surface area contributed by atoms with Crippen LogP contribution < -0.4 is 5.32 Å². The summed E-state index contributed by atoms with van der Waals surface area (Å²) in [6, 6.07) is 6.35. The highest BCUT2D eigenvalue weighted by atomic mass is 16.6. The first kappa shape index (κ1) is 17.7. The van der Waals surface area contributed by atoms with Gasteiger partial charge in [0.15, 0.2) is 11.5 Å². The van der Waals surface area contributed by atoms with Crippen molar-refractivity contribution >= 4 is 11.7 Å². The Morgan fingerprint density at radius 3 is 2.76 bits per heavy atom. The van der Waals surface area contributed by atoms with Crippen molar-refractivity contribution in [2.24, 2.45) is 5.92 Å². The summed E-state index contributed by atoms with van der Waals surface area (Å²) in [6.07, 6.45) is 3.62. The molecular formula is C18H27N5O2. The first-order valence-electron chi connectivity index (χ1n) is 9.02. The highest BCUT2D eigenvalue weighted by molar-refractivity contribution is 5.67. The number of ether oxygens (including phenoxy) is 1. The van der Waals surface area contributed by atoms with Crippen molar-refractivity contribution in [3.63, 3.8) is 0 Å². The standard InChI is InChI=1S/C18H27N5O2/c1-13(2)12-25-18(24)22-10-7-15(8-11-22)19-14(3)17-21-20-16-6-4-5-9-23(16)17/h4-6,9,13-15,19H,7-8,10-12H2,1-3H3/t14-/m1/s1. The van der Waals surface area contributed by atoms with Gasteiger partial charge in [0, 0.05) is 25.3 Å². The Labute approximate surface area is 148 Å². The van der Waals surface area contributed by atoms with E-state index in [0.29, 0.717) is 18.6 Å². The van der Waals surface area contributed by atoms with Gasteiger partial charge in [-0.25, -0.2) is 4.79 Å². The van der Waals surface area contributed by atoms with Crippen molar-refractivity contribution in [1.29, 1.82) is 0 Å². The fourth-order valence-electron chi connectivity index (χ4n) is 3.14. The van der Waals surface area contributed by atoms with Crippen LogP contribution >= 0.6 is 0 Å². The van der Waals surface area contributed by atoms with Gasteiger partial charge in [-0.15, -0.1) is 10.2 Å². The molecule has 0 aliphatic carbocycles. The molecule has 25 heavy (non-hydrogen) atoms. The van der Waals surface area contributed by atoms with E-state index in [1.54, 1.807) is 4.90 Å². The van der Waals surface area contributed by atoms with Crippen molar-refractivity contribution in [1.82, 2.24) is 24.8 Å². The molecule has 0 spiro atoms. The van der Waals surface area contributed by atoms with E-state index in [9.17, 15) is 4.79 Å². The van der Waals surface area contributed by atoms with Crippen molar-refractivity contribution in [3.05, 3.63) is 30.2 Å². The molecule has 7 nitrogen and oxygen atoms in total. The lowest BCUT2D eigenvalue weighted by Gasteiger charge is -2.33. The Morgan fingerprint density at radius 1 is 1.28 bits per heavy atom. The number of likely N-dealkylation sites (tertiary alicyclic amines) is 1. The Kier molecular flexibility index (Phi) is 5.53. The van der Waals surface area contributed by atoms with Gasteiger partial charge in [0.1, 0.15) is 0 Å². The molecule has 0 saturated carbocycles. The Hall–Kier alpha value is -2.15. The van der Waals surface area contributed by atoms with Gasteiger partial charge in [0.05, 0.1) is 12.6 Å². The van der Waals surface area contributed by atoms with Gasteiger partial charge in [0.25, 0.3) is 0 Å². The molecule has 1 saturated heterocycles. The third-order valence-electron chi connectivity index (χ3n) is 4.51. The number of carbonyl (C=O) groups is 1. The summed E-state index contributed by atoms with van der Waals surface area (Å²) < 4.78 is 7.32. The van der Waals surface area contributed by atoms with Crippen LogP contribution in [0.4, 0.5) is 4.79 Å². The number of nitrogens with zero attached hydrogens (tertiary/aromatic N) is 4. The van der Waals surface area contributed by atoms with Gasteiger partial charge in [0.2, 0.25) is 0 Å². The number of carbonyl (C=O) groups excluding carboxylic acids is 1. The lowest BCUT2D eigenvalue weighted by Crippen LogP contribution is -2.46. The molecule has 0 unspecified atom stereocenters. The van der Waals surface area contributed by atoms with E-state index in [1.165, 1.54) is 0 Å². The molecule has 3 rings (SSSR count). The summed E-state index contributed by atoms with van der Waals surface area (Å²) in [6.45, 7) is 8.11. The zero-order chi connectivity index (χ0) is 17.8. The molecule has 1 aliphatic rings. The van der Waals surface area contributed by atoms with Crippen LogP contribution in [0.3, 0.4) is 0 Å². The highest BCUT2D eigenvalue weighted by Crippen LogP contribution is 2.17. The number of hydrogen-bond acceptors (Lipinski definition) is 5. The van der Waals surface area contributed by atoms with Crippen LogP contribution in [0.2, 0.25) is 0 Å². The number of rotatable bonds is 5. The van der Waals surface area contributed by atoms with Gasteiger partial charge < -0.3 is 15.0 Å². The summed E-state index contributed by atoms with van der Waals surface area (Å²) in [5, 5.41) is 12.1. The largest absolute Gasteiger partial charge is 0.449 e. The van der Waals surface area contributed by atoms with Crippen LogP contribution in [0.25, 0.3) is 5.65 Å². The number of pyridine rings is 1. The Bertz CT molecular complexity index is 706. The molecule has 3 heterocycles. The van der Waals surface area contributed by atoms with E-state index in [2.05, 4.69) is 22.4 Å². The fraction of sp³-hybridized carbons (Fsp3) is 0.611. The van der Waals surface area contributed by atoms with Crippen LogP contribution in [-0.4, -0.2) is 51.3 Å². The van der Waals surface area contributed by atoms with Gasteiger partial charge in [-0.2, -0.15) is 0 Å². The molecule has 1 N–H and O–H groups in total. The van der Waals surface area contributed by atoms with Gasteiger partial charge >= 0.3 is 6.09 Å². The number of piperidine rings is 1. The first-order chi connectivity index (χ1) is 12.0. The van der Waals surface area contributed by atoms with E-state index < -0.39 is 0 Å². The second-order valence-electron chi connectivity index (χ2n) is 7.11.